The highest BCUT2D eigenvalue weighted by Crippen LogP contribution is 2.16. The van der Waals surface area contributed by atoms with Gasteiger partial charge in [0.15, 0.2) is 0 Å². The molecular formula is C13H18FNO3S. The minimum absolute atomic E-state index is 0.000939. The average molecular weight is 287 g/mol. The van der Waals surface area contributed by atoms with Gasteiger partial charge in [0, 0.05) is 34.9 Å². The van der Waals surface area contributed by atoms with E-state index in [-0.39, 0.29) is 10.8 Å². The SMILES string of the molecule is COc1ccc(C(=O)NCCC(C)S(C)=O)c(F)c1. The molecule has 1 N–H and O–H groups in total. The van der Waals surface area contributed by atoms with Crippen molar-refractivity contribution in [2.75, 3.05) is 19.9 Å². The number of ether oxygens (including phenoxy) is 1. The largest absolute Gasteiger partial charge is 0.497 e. The molecule has 0 fully saturated rings. The molecule has 0 bridgehead atoms. The van der Waals surface area contributed by atoms with Crippen molar-refractivity contribution >= 4 is 16.7 Å². The molecule has 1 aromatic carbocycles. The molecule has 19 heavy (non-hydrogen) atoms. The maximum atomic E-state index is 13.6. The quantitative estimate of drug-likeness (QED) is 0.867. The van der Waals surface area contributed by atoms with Crippen LogP contribution < -0.4 is 10.1 Å². The summed E-state index contributed by atoms with van der Waals surface area (Å²) >= 11 is 0. The molecule has 0 aliphatic heterocycles. The molecule has 0 spiro atoms. The Morgan fingerprint density at radius 2 is 2.21 bits per heavy atom. The molecule has 0 radical (unpaired) electrons. The average Bonchev–Trinajstić information content (AvgIpc) is 2.37. The fourth-order valence-electron chi connectivity index (χ4n) is 1.46. The summed E-state index contributed by atoms with van der Waals surface area (Å²) in [6.45, 7) is 2.21. The van der Waals surface area contributed by atoms with E-state index < -0.39 is 22.5 Å². The minimum atomic E-state index is -0.920. The Labute approximate surface area is 114 Å². The molecule has 4 nitrogen and oxygen atoms in total. The molecule has 1 rings (SSSR count). The van der Waals surface area contributed by atoms with Crippen molar-refractivity contribution < 1.29 is 18.1 Å². The molecule has 106 valence electrons. The van der Waals surface area contributed by atoms with E-state index in [0.717, 1.165) is 0 Å². The molecule has 0 saturated heterocycles. The Balaban J connectivity index is 2.57. The highest BCUT2D eigenvalue weighted by Gasteiger charge is 2.13. The number of amides is 1. The van der Waals surface area contributed by atoms with E-state index >= 15 is 0 Å². The summed E-state index contributed by atoms with van der Waals surface area (Å²) in [5, 5.41) is 2.61. The molecule has 0 heterocycles. The number of methoxy groups -OCH3 is 1. The fourth-order valence-corrected chi connectivity index (χ4v) is 1.91. The first-order valence-electron chi connectivity index (χ1n) is 5.89. The van der Waals surface area contributed by atoms with Gasteiger partial charge in [0.05, 0.1) is 12.7 Å². The van der Waals surface area contributed by atoms with Crippen LogP contribution in [0.25, 0.3) is 0 Å². The molecule has 6 heteroatoms. The van der Waals surface area contributed by atoms with Crippen LogP contribution in [0.15, 0.2) is 18.2 Å². The lowest BCUT2D eigenvalue weighted by molar-refractivity contribution is 0.0949. The molecule has 0 aliphatic carbocycles. The molecule has 1 amide bonds. The topological polar surface area (TPSA) is 55.4 Å². The molecule has 0 aromatic heterocycles. The van der Waals surface area contributed by atoms with Gasteiger partial charge in [0.1, 0.15) is 11.6 Å². The van der Waals surface area contributed by atoms with Crippen LogP contribution in [0, 0.1) is 5.82 Å². The van der Waals surface area contributed by atoms with Crippen LogP contribution in [0.4, 0.5) is 4.39 Å². The van der Waals surface area contributed by atoms with Gasteiger partial charge < -0.3 is 10.1 Å². The Kier molecular flexibility index (Phi) is 5.95. The zero-order valence-corrected chi connectivity index (χ0v) is 12.1. The number of hydrogen-bond donors (Lipinski definition) is 1. The van der Waals surface area contributed by atoms with E-state index in [9.17, 15) is 13.4 Å². The second-order valence-corrected chi connectivity index (χ2v) is 6.00. The van der Waals surface area contributed by atoms with E-state index in [2.05, 4.69) is 5.32 Å². The van der Waals surface area contributed by atoms with Gasteiger partial charge in [-0.2, -0.15) is 0 Å². The highest BCUT2D eigenvalue weighted by atomic mass is 32.2. The maximum absolute atomic E-state index is 13.6. The second-order valence-electron chi connectivity index (χ2n) is 4.20. The first-order chi connectivity index (χ1) is 8.95. The van der Waals surface area contributed by atoms with Crippen LogP contribution in [0.5, 0.6) is 5.75 Å². The lowest BCUT2D eigenvalue weighted by atomic mass is 10.2. The summed E-state index contributed by atoms with van der Waals surface area (Å²) in [4.78, 5) is 11.7. The summed E-state index contributed by atoms with van der Waals surface area (Å²) in [5.41, 5.74) is -0.0222. The predicted octanol–water partition coefficient (Wildman–Crippen LogP) is 1.72. The fraction of sp³-hybridized carbons (Fsp3) is 0.462. The van der Waals surface area contributed by atoms with E-state index in [1.54, 1.807) is 6.26 Å². The molecule has 2 unspecified atom stereocenters. The van der Waals surface area contributed by atoms with E-state index in [4.69, 9.17) is 4.74 Å². The van der Waals surface area contributed by atoms with Crippen molar-refractivity contribution in [3.05, 3.63) is 29.6 Å². The number of halogens is 1. The first-order valence-corrected chi connectivity index (χ1v) is 7.51. The van der Waals surface area contributed by atoms with Crippen molar-refractivity contribution in [1.29, 1.82) is 0 Å². The van der Waals surface area contributed by atoms with Crippen LogP contribution in [-0.4, -0.2) is 35.3 Å². The van der Waals surface area contributed by atoms with Gasteiger partial charge in [-0.05, 0) is 18.6 Å². The predicted molar refractivity (Wildman–Crippen MR) is 73.4 cm³/mol. The molecule has 0 saturated carbocycles. The molecule has 2 atom stereocenters. The van der Waals surface area contributed by atoms with Crippen molar-refractivity contribution in [3.63, 3.8) is 0 Å². The highest BCUT2D eigenvalue weighted by molar-refractivity contribution is 7.84. The van der Waals surface area contributed by atoms with E-state index in [0.29, 0.717) is 18.7 Å². The van der Waals surface area contributed by atoms with Crippen LogP contribution in [0.3, 0.4) is 0 Å². The van der Waals surface area contributed by atoms with E-state index in [1.165, 1.54) is 25.3 Å². The van der Waals surface area contributed by atoms with Crippen LogP contribution in [0.2, 0.25) is 0 Å². The van der Waals surface area contributed by atoms with Crippen molar-refractivity contribution in [3.8, 4) is 5.75 Å². The summed E-state index contributed by atoms with van der Waals surface area (Å²) in [6, 6.07) is 4.07. The van der Waals surface area contributed by atoms with Crippen molar-refractivity contribution in [2.24, 2.45) is 0 Å². The smallest absolute Gasteiger partial charge is 0.254 e. The number of carbonyl (C=O) groups is 1. The van der Waals surface area contributed by atoms with Gasteiger partial charge in [0.2, 0.25) is 0 Å². The standard InChI is InChI=1S/C13H18FNO3S/c1-9(19(3)17)6-7-15-13(16)11-5-4-10(18-2)8-12(11)14/h4-5,8-9H,6-7H2,1-3H3,(H,15,16). The lowest BCUT2D eigenvalue weighted by Crippen LogP contribution is -2.28. The number of carbonyl (C=O) groups excluding carboxylic acids is 1. The molecule has 1 aromatic rings. The Bertz CT molecular complexity index is 479. The van der Waals surface area contributed by atoms with Gasteiger partial charge in [-0.15, -0.1) is 0 Å². The zero-order valence-electron chi connectivity index (χ0n) is 11.2. The zero-order chi connectivity index (χ0) is 14.4. The van der Waals surface area contributed by atoms with Gasteiger partial charge >= 0.3 is 0 Å². The van der Waals surface area contributed by atoms with Crippen LogP contribution in [0.1, 0.15) is 23.7 Å². The second kappa shape index (κ2) is 7.23. The first kappa shape index (κ1) is 15.6. The third-order valence-corrected chi connectivity index (χ3v) is 4.19. The molecular weight excluding hydrogens is 269 g/mol. The summed E-state index contributed by atoms with van der Waals surface area (Å²) in [5.74, 6) is -0.734. The molecule has 0 aliphatic rings. The summed E-state index contributed by atoms with van der Waals surface area (Å²) < 4.78 is 29.6. The minimum Gasteiger partial charge on any atom is -0.497 e. The maximum Gasteiger partial charge on any atom is 0.254 e. The van der Waals surface area contributed by atoms with Crippen molar-refractivity contribution in [1.82, 2.24) is 5.32 Å². The van der Waals surface area contributed by atoms with Gasteiger partial charge in [0.25, 0.3) is 5.91 Å². The van der Waals surface area contributed by atoms with E-state index in [1.807, 2.05) is 6.92 Å². The third-order valence-electron chi connectivity index (χ3n) is 2.82. The van der Waals surface area contributed by atoms with Gasteiger partial charge in [-0.1, -0.05) is 6.92 Å². The number of rotatable bonds is 6. The van der Waals surface area contributed by atoms with Gasteiger partial charge in [-0.3, -0.25) is 9.00 Å². The normalized spacial score (nSPS) is 13.7. The summed E-state index contributed by atoms with van der Waals surface area (Å²) in [6.07, 6.45) is 2.21. The Morgan fingerprint density at radius 3 is 2.74 bits per heavy atom. The number of nitrogens with one attached hydrogen (secondary N) is 1. The monoisotopic (exact) mass is 287 g/mol. The summed E-state index contributed by atoms with van der Waals surface area (Å²) in [7, 11) is 0.511. The number of benzene rings is 1. The van der Waals surface area contributed by atoms with Crippen LogP contribution in [-0.2, 0) is 10.8 Å². The van der Waals surface area contributed by atoms with Crippen molar-refractivity contribution in [2.45, 2.75) is 18.6 Å². The number of hydrogen-bond acceptors (Lipinski definition) is 3. The van der Waals surface area contributed by atoms with Crippen LogP contribution >= 0.6 is 0 Å². The van der Waals surface area contributed by atoms with Gasteiger partial charge in [-0.25, -0.2) is 4.39 Å². The Hall–Kier alpha value is -1.43. The Morgan fingerprint density at radius 1 is 1.53 bits per heavy atom. The lowest BCUT2D eigenvalue weighted by Gasteiger charge is -2.10. The third kappa shape index (κ3) is 4.63.